The summed E-state index contributed by atoms with van der Waals surface area (Å²) in [5, 5.41) is 3.93. The number of hydrogen-bond acceptors (Lipinski definition) is 2. The van der Waals surface area contributed by atoms with E-state index >= 15 is 0 Å². The number of benzene rings is 2. The van der Waals surface area contributed by atoms with Crippen molar-refractivity contribution in [3.05, 3.63) is 57.0 Å². The van der Waals surface area contributed by atoms with Gasteiger partial charge in [0.25, 0.3) is 0 Å². The number of thiocarbonyl (C=S) groups is 1. The SMILES string of the molecule is Cc1cc(Nc2cc(Cl)ccc2C(N)=S)ccc1Br. The lowest BCUT2D eigenvalue weighted by molar-refractivity contribution is 1.41. The third kappa shape index (κ3) is 3.47. The Balaban J connectivity index is 2.39. The summed E-state index contributed by atoms with van der Waals surface area (Å²) < 4.78 is 1.07. The molecule has 0 aromatic heterocycles. The van der Waals surface area contributed by atoms with Crippen molar-refractivity contribution in [1.29, 1.82) is 0 Å². The van der Waals surface area contributed by atoms with Crippen molar-refractivity contribution >= 4 is 56.1 Å². The van der Waals surface area contributed by atoms with E-state index in [1.165, 1.54) is 0 Å². The number of halogens is 2. The van der Waals surface area contributed by atoms with E-state index in [2.05, 4.69) is 21.2 Å². The van der Waals surface area contributed by atoms with Crippen molar-refractivity contribution < 1.29 is 0 Å². The summed E-state index contributed by atoms with van der Waals surface area (Å²) >= 11 is 14.5. The van der Waals surface area contributed by atoms with Gasteiger partial charge in [-0.1, -0.05) is 39.7 Å². The Kier molecular flexibility index (Phi) is 4.45. The van der Waals surface area contributed by atoms with Gasteiger partial charge in [-0.25, -0.2) is 0 Å². The third-order valence-electron chi connectivity index (χ3n) is 2.68. The Morgan fingerprint density at radius 1 is 1.26 bits per heavy atom. The van der Waals surface area contributed by atoms with Crippen LogP contribution in [0, 0.1) is 6.92 Å². The van der Waals surface area contributed by atoms with Gasteiger partial charge in [0.15, 0.2) is 0 Å². The number of hydrogen-bond donors (Lipinski definition) is 2. The second-order valence-electron chi connectivity index (χ2n) is 4.14. The van der Waals surface area contributed by atoms with Crippen LogP contribution in [0.1, 0.15) is 11.1 Å². The van der Waals surface area contributed by atoms with Crippen LogP contribution in [0.3, 0.4) is 0 Å². The van der Waals surface area contributed by atoms with Crippen molar-refractivity contribution in [3.8, 4) is 0 Å². The standard InChI is InChI=1S/C14H12BrClN2S/c1-8-6-10(3-5-12(8)15)18-13-7-9(16)2-4-11(13)14(17)19/h2-7,18H,1H3,(H2,17,19). The van der Waals surface area contributed by atoms with E-state index in [0.717, 1.165) is 27.0 Å². The molecule has 0 aliphatic heterocycles. The minimum Gasteiger partial charge on any atom is -0.389 e. The highest BCUT2D eigenvalue weighted by Gasteiger charge is 2.07. The van der Waals surface area contributed by atoms with Crippen LogP contribution in [-0.4, -0.2) is 4.99 Å². The average Bonchev–Trinajstić information content (AvgIpc) is 2.33. The predicted octanol–water partition coefficient (Wildman–Crippen LogP) is 4.79. The smallest absolute Gasteiger partial charge is 0.106 e. The van der Waals surface area contributed by atoms with Crippen molar-refractivity contribution in [1.82, 2.24) is 0 Å². The molecule has 0 unspecified atom stereocenters. The molecule has 0 aliphatic rings. The number of nitrogens with one attached hydrogen (secondary N) is 1. The zero-order valence-electron chi connectivity index (χ0n) is 10.2. The molecular formula is C14H12BrClN2S. The lowest BCUT2D eigenvalue weighted by atomic mass is 10.1. The molecule has 5 heteroatoms. The summed E-state index contributed by atoms with van der Waals surface area (Å²) in [5.41, 5.74) is 9.40. The molecular weight excluding hydrogens is 344 g/mol. The summed E-state index contributed by atoms with van der Waals surface area (Å²) in [4.78, 5) is 0.341. The van der Waals surface area contributed by atoms with E-state index in [1.807, 2.05) is 37.3 Å². The lowest BCUT2D eigenvalue weighted by Gasteiger charge is -2.12. The van der Waals surface area contributed by atoms with Crippen LogP contribution in [0.15, 0.2) is 40.9 Å². The van der Waals surface area contributed by atoms with Gasteiger partial charge < -0.3 is 11.1 Å². The number of aryl methyl sites for hydroxylation is 1. The van der Waals surface area contributed by atoms with Crippen molar-refractivity contribution in [3.63, 3.8) is 0 Å². The molecule has 2 aromatic rings. The molecule has 0 radical (unpaired) electrons. The Hall–Kier alpha value is -1.10. The van der Waals surface area contributed by atoms with Gasteiger partial charge in [0, 0.05) is 20.7 Å². The predicted molar refractivity (Wildman–Crippen MR) is 89.5 cm³/mol. The molecule has 98 valence electrons. The first kappa shape index (κ1) is 14.3. The van der Waals surface area contributed by atoms with Crippen LogP contribution in [0.5, 0.6) is 0 Å². The lowest BCUT2D eigenvalue weighted by Crippen LogP contribution is -2.11. The molecule has 0 spiro atoms. The molecule has 0 atom stereocenters. The fourth-order valence-electron chi connectivity index (χ4n) is 1.71. The molecule has 0 saturated heterocycles. The van der Waals surface area contributed by atoms with E-state index in [1.54, 1.807) is 6.07 Å². The van der Waals surface area contributed by atoms with Gasteiger partial charge in [0.2, 0.25) is 0 Å². The molecule has 2 aromatic carbocycles. The maximum atomic E-state index is 6.01. The highest BCUT2D eigenvalue weighted by atomic mass is 79.9. The monoisotopic (exact) mass is 354 g/mol. The number of anilines is 2. The van der Waals surface area contributed by atoms with Crippen LogP contribution in [-0.2, 0) is 0 Å². The fourth-order valence-corrected chi connectivity index (χ4v) is 2.31. The van der Waals surface area contributed by atoms with Gasteiger partial charge in [-0.2, -0.15) is 0 Å². The second-order valence-corrected chi connectivity index (χ2v) is 5.87. The van der Waals surface area contributed by atoms with Crippen LogP contribution < -0.4 is 11.1 Å². The first-order valence-electron chi connectivity index (χ1n) is 5.60. The molecule has 2 nitrogen and oxygen atoms in total. The molecule has 0 fully saturated rings. The summed E-state index contributed by atoms with van der Waals surface area (Å²) in [6.45, 7) is 2.03. The quantitative estimate of drug-likeness (QED) is 0.778. The van der Waals surface area contributed by atoms with Gasteiger partial charge in [-0.15, -0.1) is 0 Å². The van der Waals surface area contributed by atoms with Crippen LogP contribution in [0.4, 0.5) is 11.4 Å². The normalized spacial score (nSPS) is 10.3. The van der Waals surface area contributed by atoms with E-state index in [4.69, 9.17) is 29.6 Å². The van der Waals surface area contributed by atoms with Gasteiger partial charge in [-0.05, 0) is 48.9 Å². The van der Waals surface area contributed by atoms with Crippen molar-refractivity contribution in [2.75, 3.05) is 5.32 Å². The highest BCUT2D eigenvalue weighted by molar-refractivity contribution is 9.10. The topological polar surface area (TPSA) is 38.0 Å². The minimum absolute atomic E-state index is 0.341. The molecule has 3 N–H and O–H groups in total. The first-order valence-corrected chi connectivity index (χ1v) is 7.18. The van der Waals surface area contributed by atoms with Crippen molar-refractivity contribution in [2.24, 2.45) is 5.73 Å². The van der Waals surface area contributed by atoms with Gasteiger partial charge in [0.05, 0.1) is 5.69 Å². The molecule has 0 aliphatic carbocycles. The Labute approximate surface area is 131 Å². The summed E-state index contributed by atoms with van der Waals surface area (Å²) in [6, 6.07) is 11.4. The van der Waals surface area contributed by atoms with Crippen LogP contribution in [0.2, 0.25) is 5.02 Å². The van der Waals surface area contributed by atoms with Crippen molar-refractivity contribution in [2.45, 2.75) is 6.92 Å². The van der Waals surface area contributed by atoms with Gasteiger partial charge >= 0.3 is 0 Å². The second kappa shape index (κ2) is 5.90. The molecule has 2 rings (SSSR count). The van der Waals surface area contributed by atoms with E-state index in [9.17, 15) is 0 Å². The Morgan fingerprint density at radius 3 is 2.63 bits per heavy atom. The molecule has 0 saturated carbocycles. The zero-order chi connectivity index (χ0) is 14.0. The van der Waals surface area contributed by atoms with E-state index in [0.29, 0.717) is 10.0 Å². The van der Waals surface area contributed by atoms with Gasteiger partial charge in [-0.3, -0.25) is 0 Å². The first-order chi connectivity index (χ1) is 8.97. The number of nitrogens with two attached hydrogens (primary N) is 1. The number of rotatable bonds is 3. The Bertz CT molecular complexity index is 643. The van der Waals surface area contributed by atoms with Crippen LogP contribution >= 0.6 is 39.7 Å². The minimum atomic E-state index is 0.341. The van der Waals surface area contributed by atoms with Gasteiger partial charge in [0.1, 0.15) is 4.99 Å². The van der Waals surface area contributed by atoms with Crippen LogP contribution in [0.25, 0.3) is 0 Å². The third-order valence-corrected chi connectivity index (χ3v) is 4.03. The fraction of sp³-hybridized carbons (Fsp3) is 0.0714. The molecule has 0 amide bonds. The molecule has 0 bridgehead atoms. The largest absolute Gasteiger partial charge is 0.389 e. The summed E-state index contributed by atoms with van der Waals surface area (Å²) in [6.07, 6.45) is 0. The molecule has 19 heavy (non-hydrogen) atoms. The molecule has 0 heterocycles. The maximum Gasteiger partial charge on any atom is 0.106 e. The maximum absolute atomic E-state index is 6.01. The Morgan fingerprint density at radius 2 is 2.00 bits per heavy atom. The summed E-state index contributed by atoms with van der Waals surface area (Å²) in [5.74, 6) is 0. The van der Waals surface area contributed by atoms with E-state index in [-0.39, 0.29) is 0 Å². The zero-order valence-corrected chi connectivity index (χ0v) is 13.4. The highest BCUT2D eigenvalue weighted by Crippen LogP contribution is 2.27. The average molecular weight is 356 g/mol. The van der Waals surface area contributed by atoms with E-state index < -0.39 is 0 Å². The summed E-state index contributed by atoms with van der Waals surface area (Å²) in [7, 11) is 0.